The minimum Gasteiger partial charge on any atom is -0.462 e. The van der Waals surface area contributed by atoms with Crippen LogP contribution in [0, 0.1) is 0 Å². The molecule has 0 aromatic carbocycles. The van der Waals surface area contributed by atoms with Crippen molar-refractivity contribution in [3.05, 3.63) is 23.8 Å². The van der Waals surface area contributed by atoms with E-state index in [0.717, 1.165) is 23.8 Å². The molecule has 0 bridgehead atoms. The van der Waals surface area contributed by atoms with E-state index in [9.17, 15) is 4.79 Å². The van der Waals surface area contributed by atoms with Crippen molar-refractivity contribution in [1.29, 1.82) is 0 Å². The Bertz CT molecular complexity index is 566. The lowest BCUT2D eigenvalue weighted by molar-refractivity contribution is 0.0529. The van der Waals surface area contributed by atoms with Crippen molar-refractivity contribution in [3.63, 3.8) is 0 Å². The Hall–Kier alpha value is -2.09. The van der Waals surface area contributed by atoms with Crippen molar-refractivity contribution in [2.45, 2.75) is 26.3 Å². The normalized spacial score (nSPS) is 12.1. The van der Waals surface area contributed by atoms with Crippen molar-refractivity contribution in [2.75, 3.05) is 17.7 Å². The van der Waals surface area contributed by atoms with Crippen LogP contribution >= 0.6 is 11.5 Å². The Morgan fingerprint density at radius 2 is 2.40 bits per heavy atom. The topological polar surface area (TPSA) is 106 Å². The average Bonchev–Trinajstić information content (AvgIpc) is 3.06. The number of carbonyl (C=O) groups excluding carboxylic acids is 1. The number of nitrogens with zero attached hydrogens (tertiary/aromatic N) is 2. The van der Waals surface area contributed by atoms with Gasteiger partial charge in [0.25, 0.3) is 0 Å². The van der Waals surface area contributed by atoms with E-state index in [1.807, 2.05) is 6.92 Å². The van der Waals surface area contributed by atoms with E-state index >= 15 is 0 Å². The van der Waals surface area contributed by atoms with Gasteiger partial charge in [-0.3, -0.25) is 0 Å². The van der Waals surface area contributed by atoms with Crippen molar-refractivity contribution in [1.82, 2.24) is 14.3 Å². The van der Waals surface area contributed by atoms with Gasteiger partial charge in [-0.25, -0.2) is 9.78 Å². The Morgan fingerprint density at radius 1 is 1.60 bits per heavy atom. The molecule has 0 fully saturated rings. The number of carbonyl (C=O) groups is 1. The van der Waals surface area contributed by atoms with Crippen LogP contribution in [0.3, 0.4) is 0 Å². The summed E-state index contributed by atoms with van der Waals surface area (Å²) >= 11 is 1.14. The number of nitrogens with two attached hydrogens (primary N) is 1. The minimum atomic E-state index is -0.462. The number of aromatic amines is 1. The van der Waals surface area contributed by atoms with Crippen LogP contribution in [0.25, 0.3) is 0 Å². The van der Waals surface area contributed by atoms with Gasteiger partial charge in [-0.1, -0.05) is 6.92 Å². The van der Waals surface area contributed by atoms with Crippen molar-refractivity contribution >= 4 is 28.3 Å². The van der Waals surface area contributed by atoms with Crippen LogP contribution in [-0.2, 0) is 4.74 Å². The second kappa shape index (κ2) is 6.38. The molecule has 0 amide bonds. The molecule has 2 heterocycles. The van der Waals surface area contributed by atoms with E-state index in [2.05, 4.69) is 19.7 Å². The molecular weight excluding hydrogens is 278 g/mol. The van der Waals surface area contributed by atoms with Gasteiger partial charge in [0.2, 0.25) is 0 Å². The maximum Gasteiger partial charge on any atom is 0.344 e. The largest absolute Gasteiger partial charge is 0.462 e. The number of rotatable bonds is 6. The van der Waals surface area contributed by atoms with Gasteiger partial charge < -0.3 is 20.8 Å². The first-order valence-corrected chi connectivity index (χ1v) is 7.12. The Kier molecular flexibility index (Phi) is 4.57. The minimum absolute atomic E-state index is 0.0435. The molecule has 0 saturated carbocycles. The molecule has 20 heavy (non-hydrogen) atoms. The van der Waals surface area contributed by atoms with Gasteiger partial charge in [0.05, 0.1) is 12.6 Å². The monoisotopic (exact) mass is 295 g/mol. The molecular formula is C12H17N5O2S. The van der Waals surface area contributed by atoms with Gasteiger partial charge in [0.1, 0.15) is 16.4 Å². The van der Waals surface area contributed by atoms with E-state index in [1.165, 1.54) is 0 Å². The highest BCUT2D eigenvalue weighted by atomic mass is 32.1. The molecule has 8 heteroatoms. The Morgan fingerprint density at radius 3 is 3.00 bits per heavy atom. The van der Waals surface area contributed by atoms with Crippen LogP contribution < -0.4 is 11.1 Å². The molecule has 0 aliphatic carbocycles. The van der Waals surface area contributed by atoms with E-state index in [4.69, 9.17) is 10.5 Å². The fourth-order valence-corrected chi connectivity index (χ4v) is 2.55. The molecule has 1 unspecified atom stereocenters. The third kappa shape index (κ3) is 2.90. The standard InChI is InChI=1S/C12H17N5O2S/c1-3-7(10-14-5-6-15-10)16-11-8(9(13)17-20-11)12(18)19-4-2/h5-7,16H,3-4H2,1-2H3,(H2,13,17)(H,14,15). The van der Waals surface area contributed by atoms with Crippen LogP contribution in [0.2, 0.25) is 0 Å². The summed E-state index contributed by atoms with van der Waals surface area (Å²) in [5, 5.41) is 3.84. The fraction of sp³-hybridized carbons (Fsp3) is 0.417. The molecule has 0 radical (unpaired) electrons. The summed E-state index contributed by atoms with van der Waals surface area (Å²) in [4.78, 5) is 19.2. The maximum atomic E-state index is 11.9. The highest BCUT2D eigenvalue weighted by Gasteiger charge is 2.23. The first kappa shape index (κ1) is 14.3. The highest BCUT2D eigenvalue weighted by molar-refractivity contribution is 7.11. The fourth-order valence-electron chi connectivity index (χ4n) is 1.79. The molecule has 4 N–H and O–H groups in total. The molecule has 0 spiro atoms. The van der Waals surface area contributed by atoms with Crippen LogP contribution in [0.1, 0.15) is 42.5 Å². The van der Waals surface area contributed by atoms with Gasteiger partial charge in [0, 0.05) is 12.4 Å². The zero-order chi connectivity index (χ0) is 14.5. The summed E-state index contributed by atoms with van der Waals surface area (Å²) < 4.78 is 9.01. The van der Waals surface area contributed by atoms with E-state index in [-0.39, 0.29) is 11.9 Å². The number of hydrogen-bond acceptors (Lipinski definition) is 7. The SMILES string of the molecule is CCOC(=O)c1c(N)nsc1NC(CC)c1ncc[nH]1. The lowest BCUT2D eigenvalue weighted by Gasteiger charge is -2.15. The van der Waals surface area contributed by atoms with E-state index in [0.29, 0.717) is 17.2 Å². The summed E-state index contributed by atoms with van der Waals surface area (Å²) in [6, 6.07) is -0.0435. The number of hydrogen-bond donors (Lipinski definition) is 3. The third-order valence-corrected chi connectivity index (χ3v) is 3.55. The molecule has 1 atom stereocenters. The lowest BCUT2D eigenvalue weighted by atomic mass is 10.2. The van der Waals surface area contributed by atoms with Crippen LogP contribution in [-0.4, -0.2) is 26.9 Å². The number of imidazole rings is 1. The number of H-pyrrole nitrogens is 1. The quantitative estimate of drug-likeness (QED) is 0.705. The van der Waals surface area contributed by atoms with Gasteiger partial charge in [-0.2, -0.15) is 4.37 Å². The Balaban J connectivity index is 2.23. The van der Waals surface area contributed by atoms with Gasteiger partial charge in [0.15, 0.2) is 5.82 Å². The first-order valence-electron chi connectivity index (χ1n) is 6.35. The number of ether oxygens (including phenoxy) is 1. The Labute approximate surface area is 120 Å². The summed E-state index contributed by atoms with van der Waals surface area (Å²) in [5.74, 6) is 0.523. The molecule has 0 saturated heterocycles. The molecule has 7 nitrogen and oxygen atoms in total. The predicted molar refractivity (Wildman–Crippen MR) is 77.7 cm³/mol. The lowest BCUT2D eigenvalue weighted by Crippen LogP contribution is -2.14. The smallest absolute Gasteiger partial charge is 0.344 e. The molecule has 2 aromatic rings. The third-order valence-electron chi connectivity index (χ3n) is 2.76. The van der Waals surface area contributed by atoms with Gasteiger partial charge >= 0.3 is 5.97 Å². The van der Waals surface area contributed by atoms with Gasteiger partial charge in [-0.05, 0) is 24.9 Å². The number of nitrogens with one attached hydrogen (secondary N) is 2. The summed E-state index contributed by atoms with van der Waals surface area (Å²) in [7, 11) is 0. The maximum absolute atomic E-state index is 11.9. The molecule has 2 aromatic heterocycles. The summed E-state index contributed by atoms with van der Waals surface area (Å²) in [6.45, 7) is 4.07. The second-order valence-corrected chi connectivity index (χ2v) is 4.85. The zero-order valence-corrected chi connectivity index (χ0v) is 12.2. The average molecular weight is 295 g/mol. The molecule has 108 valence electrons. The second-order valence-electron chi connectivity index (χ2n) is 4.07. The van der Waals surface area contributed by atoms with Crippen molar-refractivity contribution in [2.24, 2.45) is 0 Å². The van der Waals surface area contributed by atoms with E-state index < -0.39 is 5.97 Å². The first-order chi connectivity index (χ1) is 9.67. The highest BCUT2D eigenvalue weighted by Crippen LogP contribution is 2.31. The number of esters is 1. The number of nitrogen functional groups attached to an aromatic ring is 1. The molecule has 2 rings (SSSR count). The summed E-state index contributed by atoms with van der Waals surface area (Å²) in [5.41, 5.74) is 6.04. The number of anilines is 2. The number of aromatic nitrogens is 3. The van der Waals surface area contributed by atoms with Crippen LogP contribution in [0.4, 0.5) is 10.8 Å². The molecule has 0 aliphatic heterocycles. The van der Waals surface area contributed by atoms with Gasteiger partial charge in [-0.15, -0.1) is 0 Å². The van der Waals surface area contributed by atoms with Crippen LogP contribution in [0.5, 0.6) is 0 Å². The predicted octanol–water partition coefficient (Wildman–Crippen LogP) is 2.19. The zero-order valence-electron chi connectivity index (χ0n) is 11.3. The van der Waals surface area contributed by atoms with Crippen molar-refractivity contribution < 1.29 is 9.53 Å². The summed E-state index contributed by atoms with van der Waals surface area (Å²) in [6.07, 6.45) is 4.24. The molecule has 0 aliphatic rings. The van der Waals surface area contributed by atoms with Crippen LogP contribution in [0.15, 0.2) is 12.4 Å². The van der Waals surface area contributed by atoms with E-state index in [1.54, 1.807) is 19.3 Å². The van der Waals surface area contributed by atoms with Crippen molar-refractivity contribution in [3.8, 4) is 0 Å².